The van der Waals surface area contributed by atoms with Gasteiger partial charge in [0.2, 0.25) is 0 Å². The van der Waals surface area contributed by atoms with E-state index in [9.17, 15) is 0 Å². The van der Waals surface area contributed by atoms with Crippen LogP contribution in [-0.4, -0.2) is 32.0 Å². The third kappa shape index (κ3) is 5.69. The number of ether oxygens (including phenoxy) is 2. The first-order valence-electron chi connectivity index (χ1n) is 4.56. The molecule has 15 heavy (non-hydrogen) atoms. The average molecular weight is 210 g/mol. The molecule has 0 radical (unpaired) electrons. The molecule has 0 amide bonds. The topological polar surface area (TPSA) is 86.3 Å². The Hall–Kier alpha value is -1.56. The van der Waals surface area contributed by atoms with Crippen LogP contribution in [0.5, 0.6) is 0 Å². The zero-order valence-corrected chi connectivity index (χ0v) is 8.69. The molecule has 5 nitrogen and oxygen atoms in total. The fourth-order valence-electron chi connectivity index (χ4n) is 0.876. The second kappa shape index (κ2) is 9.01. The van der Waals surface area contributed by atoms with Gasteiger partial charge in [0, 0.05) is 13.7 Å². The van der Waals surface area contributed by atoms with E-state index in [0.29, 0.717) is 19.4 Å². The Labute approximate surface area is 89.1 Å². The summed E-state index contributed by atoms with van der Waals surface area (Å²) < 4.78 is 10.0. The second-order valence-electron chi connectivity index (χ2n) is 2.73. The van der Waals surface area contributed by atoms with Crippen molar-refractivity contribution in [1.29, 1.82) is 10.5 Å². The Morgan fingerprint density at radius 3 is 2.40 bits per heavy atom. The summed E-state index contributed by atoms with van der Waals surface area (Å²) in [6.45, 7) is 0.581. The molecule has 1 N–H and O–H groups in total. The van der Waals surface area contributed by atoms with Gasteiger partial charge in [-0.2, -0.15) is 10.5 Å². The number of rotatable bonds is 7. The highest BCUT2D eigenvalue weighted by Crippen LogP contribution is 2.06. The summed E-state index contributed by atoms with van der Waals surface area (Å²) >= 11 is 0. The lowest BCUT2D eigenvalue weighted by Gasteiger charge is -2.08. The summed E-state index contributed by atoms with van der Waals surface area (Å²) in [5, 5.41) is 25.8. The molecule has 0 fully saturated rings. The van der Waals surface area contributed by atoms with E-state index in [1.807, 2.05) is 0 Å². The number of aliphatic hydroxyl groups is 1. The minimum absolute atomic E-state index is 0.0687. The lowest BCUT2D eigenvalue weighted by molar-refractivity contribution is 0.124. The van der Waals surface area contributed by atoms with Crippen molar-refractivity contribution in [3.8, 4) is 12.1 Å². The van der Waals surface area contributed by atoms with Gasteiger partial charge in [-0.25, -0.2) is 0 Å². The maximum atomic E-state index is 8.62. The summed E-state index contributed by atoms with van der Waals surface area (Å²) in [4.78, 5) is 0. The highest BCUT2D eigenvalue weighted by molar-refractivity contribution is 5.38. The van der Waals surface area contributed by atoms with Crippen molar-refractivity contribution in [2.24, 2.45) is 0 Å². The first kappa shape index (κ1) is 13.4. The third-order valence-electron chi connectivity index (χ3n) is 1.61. The maximum absolute atomic E-state index is 8.62. The molecule has 0 atom stereocenters. The Morgan fingerprint density at radius 1 is 1.27 bits per heavy atom. The van der Waals surface area contributed by atoms with Crippen molar-refractivity contribution >= 4 is 0 Å². The van der Waals surface area contributed by atoms with Gasteiger partial charge in [-0.1, -0.05) is 0 Å². The van der Waals surface area contributed by atoms with Crippen molar-refractivity contribution in [2.45, 2.75) is 12.8 Å². The quantitative estimate of drug-likeness (QED) is 0.380. The molecule has 0 unspecified atom stereocenters. The van der Waals surface area contributed by atoms with Crippen molar-refractivity contribution in [3.63, 3.8) is 0 Å². The third-order valence-corrected chi connectivity index (χ3v) is 1.61. The van der Waals surface area contributed by atoms with Crippen molar-refractivity contribution in [2.75, 3.05) is 26.9 Å². The SMILES string of the molecule is COCC(OCCCCO)=C(C#N)C#N. The van der Waals surface area contributed by atoms with Gasteiger partial charge in [-0.05, 0) is 12.8 Å². The van der Waals surface area contributed by atoms with E-state index in [0.717, 1.165) is 0 Å². The van der Waals surface area contributed by atoms with E-state index >= 15 is 0 Å². The standard InChI is InChI=1S/C10H14N2O3/c1-14-8-10(9(6-11)7-12)15-5-3-2-4-13/h13H,2-5,8H2,1H3. The summed E-state index contributed by atoms with van der Waals surface area (Å²) in [6.07, 6.45) is 1.31. The van der Waals surface area contributed by atoms with Crippen molar-refractivity contribution < 1.29 is 14.6 Å². The van der Waals surface area contributed by atoms with Crippen LogP contribution in [0.1, 0.15) is 12.8 Å². The van der Waals surface area contributed by atoms with Gasteiger partial charge in [0.05, 0.1) is 6.61 Å². The molecule has 0 aromatic carbocycles. The Balaban J connectivity index is 4.24. The minimum atomic E-state index is -0.0687. The van der Waals surface area contributed by atoms with Crippen LogP contribution in [0.25, 0.3) is 0 Å². The Morgan fingerprint density at radius 2 is 1.93 bits per heavy atom. The molecule has 0 aliphatic rings. The zero-order chi connectivity index (χ0) is 11.5. The number of allylic oxidation sites excluding steroid dienone is 1. The number of nitriles is 2. The van der Waals surface area contributed by atoms with Gasteiger partial charge in [0.15, 0.2) is 5.57 Å². The molecule has 0 saturated heterocycles. The number of methoxy groups -OCH3 is 1. The van der Waals surface area contributed by atoms with Crippen LogP contribution < -0.4 is 0 Å². The molecule has 0 aromatic heterocycles. The molecule has 0 heterocycles. The number of hydrogen-bond donors (Lipinski definition) is 1. The van der Waals surface area contributed by atoms with Gasteiger partial charge in [0.1, 0.15) is 24.5 Å². The minimum Gasteiger partial charge on any atom is -0.493 e. The monoisotopic (exact) mass is 210 g/mol. The molecular formula is C10H14N2O3. The van der Waals surface area contributed by atoms with E-state index in [-0.39, 0.29) is 24.5 Å². The highest BCUT2D eigenvalue weighted by Gasteiger charge is 2.07. The molecule has 0 saturated carbocycles. The largest absolute Gasteiger partial charge is 0.493 e. The van der Waals surface area contributed by atoms with Gasteiger partial charge in [-0.15, -0.1) is 0 Å². The molecule has 0 aromatic rings. The molecule has 0 bridgehead atoms. The molecular weight excluding hydrogens is 196 g/mol. The summed E-state index contributed by atoms with van der Waals surface area (Å²) in [7, 11) is 1.46. The second-order valence-corrected chi connectivity index (χ2v) is 2.73. The normalized spacial score (nSPS) is 8.80. The van der Waals surface area contributed by atoms with Crippen molar-refractivity contribution in [1.82, 2.24) is 0 Å². The fourth-order valence-corrected chi connectivity index (χ4v) is 0.876. The molecule has 5 heteroatoms. The summed E-state index contributed by atoms with van der Waals surface area (Å²) in [5.41, 5.74) is -0.0687. The van der Waals surface area contributed by atoms with Crippen LogP contribution in [0.2, 0.25) is 0 Å². The van der Waals surface area contributed by atoms with Crippen LogP contribution in [0.3, 0.4) is 0 Å². The van der Waals surface area contributed by atoms with Crippen LogP contribution in [0, 0.1) is 22.7 Å². The number of unbranched alkanes of at least 4 members (excludes halogenated alkanes) is 1. The van der Waals surface area contributed by atoms with E-state index in [2.05, 4.69) is 0 Å². The van der Waals surface area contributed by atoms with E-state index in [4.69, 9.17) is 25.1 Å². The van der Waals surface area contributed by atoms with E-state index < -0.39 is 0 Å². The predicted molar refractivity (Wildman–Crippen MR) is 52.4 cm³/mol. The highest BCUT2D eigenvalue weighted by atomic mass is 16.5. The van der Waals surface area contributed by atoms with Gasteiger partial charge < -0.3 is 14.6 Å². The van der Waals surface area contributed by atoms with Crippen LogP contribution in [0.15, 0.2) is 11.3 Å². The smallest absolute Gasteiger partial charge is 0.169 e. The van der Waals surface area contributed by atoms with Crippen LogP contribution >= 0.6 is 0 Å². The lowest BCUT2D eigenvalue weighted by atomic mass is 10.3. The number of nitrogens with zero attached hydrogens (tertiary/aromatic N) is 2. The average Bonchev–Trinajstić information content (AvgIpc) is 2.26. The van der Waals surface area contributed by atoms with Crippen molar-refractivity contribution in [3.05, 3.63) is 11.3 Å². The Bertz CT molecular complexity index is 270. The molecule has 0 spiro atoms. The van der Waals surface area contributed by atoms with E-state index in [1.165, 1.54) is 7.11 Å². The molecule has 0 rings (SSSR count). The van der Waals surface area contributed by atoms with Gasteiger partial charge in [-0.3, -0.25) is 0 Å². The number of aliphatic hydroxyl groups excluding tert-OH is 1. The fraction of sp³-hybridized carbons (Fsp3) is 0.600. The Kier molecular flexibility index (Phi) is 8.08. The summed E-state index contributed by atoms with van der Waals surface area (Å²) in [5.74, 6) is 0.250. The lowest BCUT2D eigenvalue weighted by Crippen LogP contribution is -2.05. The first-order valence-corrected chi connectivity index (χ1v) is 4.56. The van der Waals surface area contributed by atoms with Crippen LogP contribution in [0.4, 0.5) is 0 Å². The van der Waals surface area contributed by atoms with Crippen LogP contribution in [-0.2, 0) is 9.47 Å². The molecule has 0 aliphatic carbocycles. The van der Waals surface area contributed by atoms with E-state index in [1.54, 1.807) is 12.1 Å². The van der Waals surface area contributed by atoms with Gasteiger partial charge in [0.25, 0.3) is 0 Å². The molecule has 0 aliphatic heterocycles. The number of hydrogen-bond acceptors (Lipinski definition) is 5. The van der Waals surface area contributed by atoms with Gasteiger partial charge >= 0.3 is 0 Å². The summed E-state index contributed by atoms with van der Waals surface area (Å²) in [6, 6.07) is 3.48. The molecule has 82 valence electrons. The first-order chi connectivity index (χ1) is 7.29. The zero-order valence-electron chi connectivity index (χ0n) is 8.69. The predicted octanol–water partition coefficient (Wildman–Crippen LogP) is 0.723. The maximum Gasteiger partial charge on any atom is 0.169 e.